The Hall–Kier alpha value is -0.915. The molecule has 8 heteroatoms. The summed E-state index contributed by atoms with van der Waals surface area (Å²) in [5, 5.41) is 0.313. The first-order chi connectivity index (χ1) is 11.0. The van der Waals surface area contributed by atoms with E-state index in [2.05, 4.69) is 4.98 Å². The van der Waals surface area contributed by atoms with Crippen LogP contribution in [0.15, 0.2) is 12.3 Å². The molecule has 0 amide bonds. The van der Waals surface area contributed by atoms with Crippen molar-refractivity contribution in [1.82, 2.24) is 4.98 Å². The van der Waals surface area contributed by atoms with Crippen molar-refractivity contribution < 1.29 is 22.8 Å². The zero-order valence-corrected chi connectivity index (χ0v) is 15.0. The van der Waals surface area contributed by atoms with Crippen LogP contribution in [0.2, 0.25) is 5.02 Å². The number of aromatic nitrogens is 1. The highest BCUT2D eigenvalue weighted by Crippen LogP contribution is 2.42. The molecular formula is C16H21BClF2NO3. The zero-order chi connectivity index (χ0) is 17.8. The van der Waals surface area contributed by atoms with Crippen LogP contribution in [0.4, 0.5) is 8.78 Å². The van der Waals surface area contributed by atoms with E-state index in [1.54, 1.807) is 12.3 Å². The molecule has 0 N–H and O–H groups in total. The molecular weight excluding hydrogens is 338 g/mol. The number of hydrogen-bond acceptors (Lipinski definition) is 4. The first-order valence-corrected chi connectivity index (χ1v) is 8.39. The second-order valence-electron chi connectivity index (χ2n) is 7.59. The Morgan fingerprint density at radius 2 is 1.83 bits per heavy atom. The molecule has 132 valence electrons. The van der Waals surface area contributed by atoms with Gasteiger partial charge in [-0.05, 0) is 33.8 Å². The Labute approximate surface area is 146 Å². The second kappa shape index (κ2) is 5.82. The van der Waals surface area contributed by atoms with Gasteiger partial charge in [0, 0.05) is 30.4 Å². The van der Waals surface area contributed by atoms with Gasteiger partial charge in [-0.25, -0.2) is 13.8 Å². The van der Waals surface area contributed by atoms with E-state index in [4.69, 9.17) is 25.6 Å². The number of nitrogens with zero attached hydrogens (tertiary/aromatic N) is 1. The Balaban J connectivity index is 1.63. The number of halogens is 3. The molecule has 0 spiro atoms. The average Bonchev–Trinajstić information content (AvgIpc) is 2.63. The molecule has 3 rings (SSSR count). The van der Waals surface area contributed by atoms with Crippen LogP contribution < -0.4 is 10.2 Å². The van der Waals surface area contributed by atoms with Gasteiger partial charge in [-0.1, -0.05) is 11.6 Å². The third-order valence-corrected chi connectivity index (χ3v) is 5.26. The fourth-order valence-corrected chi connectivity index (χ4v) is 2.98. The summed E-state index contributed by atoms with van der Waals surface area (Å²) in [5.74, 6) is -2.46. The molecule has 2 heterocycles. The Morgan fingerprint density at radius 1 is 1.25 bits per heavy atom. The highest BCUT2D eigenvalue weighted by atomic mass is 35.5. The van der Waals surface area contributed by atoms with Crippen LogP contribution >= 0.6 is 11.6 Å². The molecule has 0 unspecified atom stereocenters. The molecule has 0 aromatic carbocycles. The molecule has 24 heavy (non-hydrogen) atoms. The van der Waals surface area contributed by atoms with Crippen molar-refractivity contribution >= 4 is 24.2 Å². The number of hydrogen-bond donors (Lipinski definition) is 0. The third kappa shape index (κ3) is 3.39. The molecule has 1 saturated heterocycles. The van der Waals surface area contributed by atoms with E-state index in [0.717, 1.165) is 0 Å². The van der Waals surface area contributed by atoms with Gasteiger partial charge in [-0.2, -0.15) is 0 Å². The summed E-state index contributed by atoms with van der Waals surface area (Å²) in [6.45, 7) is 8.06. The van der Waals surface area contributed by atoms with Crippen LogP contribution in [0.25, 0.3) is 0 Å². The second-order valence-corrected chi connectivity index (χ2v) is 7.99. The van der Waals surface area contributed by atoms with Crippen LogP contribution in [0.5, 0.6) is 5.88 Å². The van der Waals surface area contributed by atoms with Crippen LogP contribution in [-0.2, 0) is 9.31 Å². The Morgan fingerprint density at radius 3 is 2.33 bits per heavy atom. The lowest BCUT2D eigenvalue weighted by atomic mass is 9.80. The van der Waals surface area contributed by atoms with Crippen LogP contribution in [0.1, 0.15) is 40.5 Å². The molecule has 1 aromatic rings. The molecule has 1 aliphatic heterocycles. The summed E-state index contributed by atoms with van der Waals surface area (Å²) in [5.41, 5.74) is -0.204. The molecule has 1 aromatic heterocycles. The van der Waals surface area contributed by atoms with Gasteiger partial charge in [0.2, 0.25) is 11.8 Å². The van der Waals surface area contributed by atoms with Gasteiger partial charge in [0.1, 0.15) is 5.02 Å². The minimum absolute atomic E-state index is 0.142. The maximum atomic E-state index is 12.8. The molecule has 2 fully saturated rings. The minimum Gasteiger partial charge on any atom is -0.476 e. The van der Waals surface area contributed by atoms with Gasteiger partial charge >= 0.3 is 7.12 Å². The summed E-state index contributed by atoms with van der Waals surface area (Å²) in [7, 11) is -0.556. The Bertz CT molecular complexity index is 618. The van der Waals surface area contributed by atoms with E-state index in [0.29, 0.717) is 10.5 Å². The van der Waals surface area contributed by atoms with Gasteiger partial charge in [0.25, 0.3) is 0 Å². The predicted molar refractivity (Wildman–Crippen MR) is 88.1 cm³/mol. The van der Waals surface area contributed by atoms with Crippen LogP contribution in [0.3, 0.4) is 0 Å². The molecule has 0 radical (unpaired) electrons. The third-order valence-electron chi connectivity index (χ3n) is 4.98. The average molecular weight is 360 g/mol. The van der Waals surface area contributed by atoms with Gasteiger partial charge < -0.3 is 14.0 Å². The normalized spacial score (nSPS) is 24.7. The molecule has 0 atom stereocenters. The summed E-state index contributed by atoms with van der Waals surface area (Å²) in [6.07, 6.45) is 1.30. The highest BCUT2D eigenvalue weighted by molar-refractivity contribution is 6.62. The highest BCUT2D eigenvalue weighted by Gasteiger charge is 2.52. The summed E-state index contributed by atoms with van der Waals surface area (Å²) in [6, 6.07) is 1.68. The van der Waals surface area contributed by atoms with Gasteiger partial charge in [0.05, 0.1) is 17.8 Å². The van der Waals surface area contributed by atoms with E-state index in [9.17, 15) is 8.78 Å². The van der Waals surface area contributed by atoms with Gasteiger partial charge in [0.15, 0.2) is 0 Å². The van der Waals surface area contributed by atoms with E-state index in [-0.39, 0.29) is 31.2 Å². The number of alkyl halides is 2. The van der Waals surface area contributed by atoms with Crippen LogP contribution in [0, 0.1) is 5.92 Å². The SMILES string of the molecule is CC1(C)OB(c2cnc(OCC3CC(F)(F)C3)c(Cl)c2)OC1(C)C. The Kier molecular flexibility index (Phi) is 4.34. The summed E-state index contributed by atoms with van der Waals surface area (Å²) in [4.78, 5) is 4.18. The fourth-order valence-electron chi connectivity index (χ4n) is 2.75. The van der Waals surface area contributed by atoms with Crippen molar-refractivity contribution in [2.24, 2.45) is 5.92 Å². The monoisotopic (exact) mass is 359 g/mol. The van der Waals surface area contributed by atoms with Crippen molar-refractivity contribution in [2.75, 3.05) is 6.61 Å². The van der Waals surface area contributed by atoms with Crippen LogP contribution in [-0.4, -0.2) is 35.8 Å². The van der Waals surface area contributed by atoms with Gasteiger partial charge in [-0.15, -0.1) is 0 Å². The molecule has 4 nitrogen and oxygen atoms in total. The van der Waals surface area contributed by atoms with E-state index < -0.39 is 24.2 Å². The topological polar surface area (TPSA) is 40.6 Å². The first-order valence-electron chi connectivity index (χ1n) is 8.01. The minimum atomic E-state index is -2.55. The molecule has 1 saturated carbocycles. The fraction of sp³-hybridized carbons (Fsp3) is 0.688. The lowest BCUT2D eigenvalue weighted by Crippen LogP contribution is -2.41. The zero-order valence-electron chi connectivity index (χ0n) is 14.2. The molecule has 2 aliphatic rings. The van der Waals surface area contributed by atoms with Crippen molar-refractivity contribution in [3.8, 4) is 5.88 Å². The quantitative estimate of drug-likeness (QED) is 0.772. The van der Waals surface area contributed by atoms with Crippen molar-refractivity contribution in [3.63, 3.8) is 0 Å². The van der Waals surface area contributed by atoms with Gasteiger partial charge in [-0.3, -0.25) is 0 Å². The number of pyridine rings is 1. The lowest BCUT2D eigenvalue weighted by Gasteiger charge is -2.34. The molecule has 0 bridgehead atoms. The van der Waals surface area contributed by atoms with Crippen molar-refractivity contribution in [2.45, 2.75) is 57.7 Å². The van der Waals surface area contributed by atoms with E-state index in [1.807, 2.05) is 27.7 Å². The largest absolute Gasteiger partial charge is 0.496 e. The standard InChI is InChI=1S/C16H21BClF2NO3/c1-14(2)15(3,4)24-17(23-14)11-5-12(18)13(21-8-11)22-9-10-6-16(19,20)7-10/h5,8,10H,6-7,9H2,1-4H3. The smallest absolute Gasteiger partial charge is 0.476 e. The summed E-state index contributed by atoms with van der Waals surface area (Å²) < 4.78 is 43.0. The molecule has 1 aliphatic carbocycles. The first kappa shape index (κ1) is 17.9. The number of ether oxygens (including phenoxy) is 1. The lowest BCUT2D eigenvalue weighted by molar-refractivity contribution is -0.119. The van der Waals surface area contributed by atoms with Crippen molar-refractivity contribution in [1.29, 1.82) is 0 Å². The maximum Gasteiger partial charge on any atom is 0.496 e. The van der Waals surface area contributed by atoms with E-state index in [1.165, 1.54) is 0 Å². The number of rotatable bonds is 4. The van der Waals surface area contributed by atoms with Crippen molar-refractivity contribution in [3.05, 3.63) is 17.3 Å². The summed E-state index contributed by atoms with van der Waals surface area (Å²) >= 11 is 6.20. The van der Waals surface area contributed by atoms with E-state index >= 15 is 0 Å². The maximum absolute atomic E-state index is 12.8. The predicted octanol–water partition coefficient (Wildman–Crippen LogP) is 3.46.